The number of aliphatic carboxylic acids is 1. The van der Waals surface area contributed by atoms with Crippen molar-refractivity contribution in [2.75, 3.05) is 0 Å². The molecule has 0 radical (unpaired) electrons. The van der Waals surface area contributed by atoms with Crippen LogP contribution in [-0.2, 0) is 16.0 Å². The van der Waals surface area contributed by atoms with Crippen LogP contribution in [0.25, 0.3) is 0 Å². The summed E-state index contributed by atoms with van der Waals surface area (Å²) in [5, 5.41) is 11.7. The first-order chi connectivity index (χ1) is 11.6. The summed E-state index contributed by atoms with van der Waals surface area (Å²) in [6, 6.07) is 7.83. The molecule has 0 fully saturated rings. The maximum Gasteiger partial charge on any atom is 0.326 e. The van der Waals surface area contributed by atoms with Gasteiger partial charge in [0.25, 0.3) is 0 Å². The van der Waals surface area contributed by atoms with Crippen molar-refractivity contribution in [3.05, 3.63) is 54.1 Å². The number of carboxylic acids is 1. The van der Waals surface area contributed by atoms with Gasteiger partial charge < -0.3 is 15.4 Å². The third-order valence-corrected chi connectivity index (χ3v) is 3.52. The van der Waals surface area contributed by atoms with Crippen LogP contribution in [-0.4, -0.2) is 38.8 Å². The van der Waals surface area contributed by atoms with Gasteiger partial charge in [-0.3, -0.25) is 9.59 Å². The molecule has 0 saturated carbocycles. The normalized spacial score (nSPS) is 11.7. The highest BCUT2D eigenvalue weighted by Gasteiger charge is 2.21. The minimum atomic E-state index is -1.11. The van der Waals surface area contributed by atoms with Gasteiger partial charge in [-0.25, -0.2) is 9.78 Å². The highest BCUT2D eigenvalue weighted by atomic mass is 16.4. The molecule has 1 unspecified atom stereocenters. The van der Waals surface area contributed by atoms with E-state index in [1.54, 1.807) is 24.3 Å². The van der Waals surface area contributed by atoms with E-state index in [2.05, 4.69) is 15.3 Å². The standard InChI is InChI=1S/C17H19N3O4/c21-15(12-5-2-1-3-6-12)7-4-8-16(22)20-14(17(23)24)9-13-10-18-11-19-13/h1-3,5-6,10-11,14H,4,7-9H2,(H,18,19)(H,20,22)(H,23,24). The number of hydrogen-bond acceptors (Lipinski definition) is 4. The Bertz CT molecular complexity index is 683. The molecule has 7 heteroatoms. The monoisotopic (exact) mass is 329 g/mol. The Hall–Kier alpha value is -2.96. The fourth-order valence-corrected chi connectivity index (χ4v) is 2.26. The zero-order valence-corrected chi connectivity index (χ0v) is 13.1. The van der Waals surface area contributed by atoms with Crippen molar-refractivity contribution in [2.45, 2.75) is 31.7 Å². The Morgan fingerprint density at radius 1 is 1.17 bits per heavy atom. The summed E-state index contributed by atoms with van der Waals surface area (Å²) >= 11 is 0. The number of nitrogens with one attached hydrogen (secondary N) is 2. The molecule has 1 atom stereocenters. The highest BCUT2D eigenvalue weighted by molar-refractivity contribution is 5.96. The molecule has 1 aromatic heterocycles. The first kappa shape index (κ1) is 17.4. The number of carbonyl (C=O) groups is 3. The van der Waals surface area contributed by atoms with Gasteiger partial charge in [-0.1, -0.05) is 30.3 Å². The first-order valence-corrected chi connectivity index (χ1v) is 7.64. The molecule has 2 aromatic rings. The maximum atomic E-state index is 11.9. The number of carboxylic acid groups (broad SMARTS) is 1. The lowest BCUT2D eigenvalue weighted by Crippen LogP contribution is -2.42. The molecule has 1 heterocycles. The summed E-state index contributed by atoms with van der Waals surface area (Å²) in [4.78, 5) is 41.7. The van der Waals surface area contributed by atoms with Crippen LogP contribution < -0.4 is 5.32 Å². The molecule has 24 heavy (non-hydrogen) atoms. The minimum Gasteiger partial charge on any atom is -0.480 e. The average molecular weight is 329 g/mol. The van der Waals surface area contributed by atoms with Crippen molar-refractivity contribution in [3.63, 3.8) is 0 Å². The second kappa shape index (κ2) is 8.61. The number of hydrogen-bond donors (Lipinski definition) is 3. The molecule has 1 amide bonds. The maximum absolute atomic E-state index is 11.9. The molecule has 126 valence electrons. The van der Waals surface area contributed by atoms with Crippen LogP contribution in [0.3, 0.4) is 0 Å². The summed E-state index contributed by atoms with van der Waals surface area (Å²) in [5.74, 6) is -1.53. The number of imidazole rings is 1. The molecule has 0 aliphatic rings. The van der Waals surface area contributed by atoms with Crippen LogP contribution in [0.4, 0.5) is 0 Å². The van der Waals surface area contributed by atoms with Crippen LogP contribution in [0.5, 0.6) is 0 Å². The number of benzene rings is 1. The molecule has 0 aliphatic carbocycles. The lowest BCUT2D eigenvalue weighted by molar-refractivity contribution is -0.141. The molecule has 0 bridgehead atoms. The van der Waals surface area contributed by atoms with Crippen LogP contribution in [0.1, 0.15) is 35.3 Å². The van der Waals surface area contributed by atoms with Gasteiger partial charge in [0.1, 0.15) is 6.04 Å². The Morgan fingerprint density at radius 2 is 1.92 bits per heavy atom. The van der Waals surface area contributed by atoms with E-state index in [4.69, 9.17) is 0 Å². The van der Waals surface area contributed by atoms with E-state index in [1.807, 2.05) is 6.07 Å². The molecular weight excluding hydrogens is 310 g/mol. The van der Waals surface area contributed by atoms with Crippen LogP contribution >= 0.6 is 0 Å². The Morgan fingerprint density at radius 3 is 2.54 bits per heavy atom. The molecule has 1 aromatic carbocycles. The smallest absolute Gasteiger partial charge is 0.326 e. The minimum absolute atomic E-state index is 0.0318. The lowest BCUT2D eigenvalue weighted by Gasteiger charge is -2.13. The number of aromatic amines is 1. The average Bonchev–Trinajstić information content (AvgIpc) is 3.08. The fourth-order valence-electron chi connectivity index (χ4n) is 2.26. The van der Waals surface area contributed by atoms with Gasteiger partial charge in [0.15, 0.2) is 5.78 Å². The number of Topliss-reactive ketones (excluding diaryl/α,β-unsaturated/α-hetero) is 1. The topological polar surface area (TPSA) is 112 Å². The summed E-state index contributed by atoms with van der Waals surface area (Å²) < 4.78 is 0. The van der Waals surface area contributed by atoms with Crippen molar-refractivity contribution < 1.29 is 19.5 Å². The van der Waals surface area contributed by atoms with Crippen LogP contribution in [0, 0.1) is 0 Å². The molecule has 2 rings (SSSR count). The summed E-state index contributed by atoms with van der Waals surface area (Å²) in [6.45, 7) is 0. The van der Waals surface area contributed by atoms with Crippen molar-refractivity contribution in [1.29, 1.82) is 0 Å². The van der Waals surface area contributed by atoms with Gasteiger partial charge in [0.05, 0.1) is 6.33 Å². The van der Waals surface area contributed by atoms with E-state index < -0.39 is 12.0 Å². The Labute approximate surface area is 139 Å². The lowest BCUT2D eigenvalue weighted by atomic mass is 10.1. The second-order valence-corrected chi connectivity index (χ2v) is 5.38. The number of rotatable bonds is 9. The number of H-pyrrole nitrogens is 1. The van der Waals surface area contributed by atoms with Crippen molar-refractivity contribution in [1.82, 2.24) is 15.3 Å². The fraction of sp³-hybridized carbons (Fsp3) is 0.294. The molecule has 0 spiro atoms. The van der Waals surface area contributed by atoms with E-state index in [9.17, 15) is 19.5 Å². The number of aromatic nitrogens is 2. The molecule has 0 saturated heterocycles. The summed E-state index contributed by atoms with van der Waals surface area (Å²) in [7, 11) is 0. The number of ketones is 1. The molecule has 7 nitrogen and oxygen atoms in total. The van der Waals surface area contributed by atoms with Gasteiger partial charge in [0.2, 0.25) is 5.91 Å². The Kier molecular flexibility index (Phi) is 6.24. The van der Waals surface area contributed by atoms with Crippen molar-refractivity contribution in [3.8, 4) is 0 Å². The van der Waals surface area contributed by atoms with E-state index in [-0.39, 0.29) is 31.0 Å². The SMILES string of the molecule is O=C(CCCC(=O)c1ccccc1)NC(Cc1cnc[nH]1)C(=O)O. The first-order valence-electron chi connectivity index (χ1n) is 7.64. The van der Waals surface area contributed by atoms with Gasteiger partial charge in [-0.2, -0.15) is 0 Å². The Balaban J connectivity index is 1.77. The van der Waals surface area contributed by atoms with E-state index >= 15 is 0 Å². The largest absolute Gasteiger partial charge is 0.480 e. The van der Waals surface area contributed by atoms with E-state index in [0.29, 0.717) is 17.7 Å². The van der Waals surface area contributed by atoms with Crippen LogP contribution in [0.2, 0.25) is 0 Å². The molecule has 0 aliphatic heterocycles. The quantitative estimate of drug-likeness (QED) is 0.605. The third kappa shape index (κ3) is 5.35. The molecular formula is C17H19N3O4. The van der Waals surface area contributed by atoms with Gasteiger partial charge >= 0.3 is 5.97 Å². The zero-order valence-electron chi connectivity index (χ0n) is 13.1. The van der Waals surface area contributed by atoms with Gasteiger partial charge in [-0.15, -0.1) is 0 Å². The van der Waals surface area contributed by atoms with E-state index in [1.165, 1.54) is 12.5 Å². The summed E-state index contributed by atoms with van der Waals surface area (Å²) in [5.41, 5.74) is 1.24. The van der Waals surface area contributed by atoms with Crippen molar-refractivity contribution in [2.24, 2.45) is 0 Å². The summed E-state index contributed by atoms with van der Waals surface area (Å²) in [6.07, 6.45) is 3.81. The van der Waals surface area contributed by atoms with Gasteiger partial charge in [-0.05, 0) is 6.42 Å². The number of nitrogens with zero attached hydrogens (tertiary/aromatic N) is 1. The van der Waals surface area contributed by atoms with Gasteiger partial charge in [0, 0.05) is 36.7 Å². The second-order valence-electron chi connectivity index (χ2n) is 5.38. The molecule has 3 N–H and O–H groups in total. The third-order valence-electron chi connectivity index (χ3n) is 3.52. The zero-order chi connectivity index (χ0) is 17.4. The number of amides is 1. The van der Waals surface area contributed by atoms with Crippen LogP contribution in [0.15, 0.2) is 42.9 Å². The highest BCUT2D eigenvalue weighted by Crippen LogP contribution is 2.07. The van der Waals surface area contributed by atoms with E-state index in [0.717, 1.165) is 0 Å². The van der Waals surface area contributed by atoms with Crippen molar-refractivity contribution >= 4 is 17.7 Å². The predicted octanol–water partition coefficient (Wildman–Crippen LogP) is 1.57. The number of carbonyl (C=O) groups excluding carboxylic acids is 2. The predicted molar refractivity (Wildman–Crippen MR) is 86.5 cm³/mol.